The number of carbonyl (C=O) groups is 2. The summed E-state index contributed by atoms with van der Waals surface area (Å²) >= 11 is 0. The van der Waals surface area contributed by atoms with Gasteiger partial charge in [0.25, 0.3) is 0 Å². The number of aliphatic carboxylic acids is 1. The molecule has 0 aliphatic heterocycles. The lowest BCUT2D eigenvalue weighted by Gasteiger charge is -2.58. The summed E-state index contributed by atoms with van der Waals surface area (Å²) in [6, 6.07) is 0. The highest BCUT2D eigenvalue weighted by Crippen LogP contribution is 2.63. The van der Waals surface area contributed by atoms with Crippen LogP contribution in [0.4, 0.5) is 0 Å². The van der Waals surface area contributed by atoms with Crippen LogP contribution in [-0.2, 0) is 9.59 Å². The molecule has 0 heterocycles. The second kappa shape index (κ2) is 4.59. The van der Waals surface area contributed by atoms with Crippen molar-refractivity contribution in [3.05, 3.63) is 11.3 Å². The van der Waals surface area contributed by atoms with E-state index >= 15 is 0 Å². The van der Waals surface area contributed by atoms with Crippen LogP contribution < -0.4 is 0 Å². The third-order valence-corrected chi connectivity index (χ3v) is 6.61. The van der Waals surface area contributed by atoms with Gasteiger partial charge in [0.1, 0.15) is 0 Å². The molecule has 0 spiro atoms. The molecule has 2 N–H and O–H groups in total. The molecule has 2 fully saturated rings. The van der Waals surface area contributed by atoms with E-state index in [1.165, 1.54) is 0 Å². The summed E-state index contributed by atoms with van der Waals surface area (Å²) in [5, 5.41) is 19.9. The van der Waals surface area contributed by atoms with Gasteiger partial charge in [0.2, 0.25) is 0 Å². The van der Waals surface area contributed by atoms with Crippen LogP contribution in [0.2, 0.25) is 0 Å². The predicted octanol–water partition coefficient (Wildman–Crippen LogP) is 3.47. The summed E-state index contributed by atoms with van der Waals surface area (Å²) < 4.78 is 0. The Morgan fingerprint density at radius 1 is 1.19 bits per heavy atom. The van der Waals surface area contributed by atoms with E-state index in [0.29, 0.717) is 12.8 Å². The number of aliphatic hydroxyl groups is 1. The van der Waals surface area contributed by atoms with E-state index in [9.17, 15) is 19.8 Å². The van der Waals surface area contributed by atoms with E-state index in [-0.39, 0.29) is 28.8 Å². The van der Waals surface area contributed by atoms with Gasteiger partial charge < -0.3 is 10.2 Å². The zero-order valence-electron chi connectivity index (χ0n) is 12.8. The Kier molecular flexibility index (Phi) is 3.19. The van der Waals surface area contributed by atoms with Crippen LogP contribution in [0.5, 0.6) is 0 Å². The number of hydrogen-bond donors (Lipinski definition) is 2. The van der Waals surface area contributed by atoms with Crippen LogP contribution in [0.3, 0.4) is 0 Å². The van der Waals surface area contributed by atoms with Crippen molar-refractivity contribution in [3.8, 4) is 0 Å². The van der Waals surface area contributed by atoms with Gasteiger partial charge in [0.05, 0.1) is 5.41 Å². The van der Waals surface area contributed by atoms with Gasteiger partial charge in [-0.2, -0.15) is 0 Å². The highest BCUT2D eigenvalue weighted by Gasteiger charge is 2.58. The van der Waals surface area contributed by atoms with Gasteiger partial charge in [-0.15, -0.1) is 0 Å². The minimum absolute atomic E-state index is 0.0199. The molecule has 0 aromatic carbocycles. The van der Waals surface area contributed by atoms with Crippen molar-refractivity contribution in [2.75, 3.05) is 0 Å². The lowest BCUT2D eigenvalue weighted by atomic mass is 9.46. The maximum absolute atomic E-state index is 11.8. The minimum atomic E-state index is -0.693. The summed E-state index contributed by atoms with van der Waals surface area (Å²) in [6.07, 6.45) is 5.24. The molecule has 116 valence electrons. The van der Waals surface area contributed by atoms with E-state index in [0.717, 1.165) is 37.7 Å². The Labute approximate surface area is 125 Å². The SMILES string of the molecule is CC1(C(=O)O)CCCC2(C)C3CCC(=O)C(O)=C3CCC12. The van der Waals surface area contributed by atoms with Crippen molar-refractivity contribution in [3.63, 3.8) is 0 Å². The summed E-state index contributed by atoms with van der Waals surface area (Å²) in [7, 11) is 0. The minimum Gasteiger partial charge on any atom is -0.504 e. The Balaban J connectivity index is 2.05. The normalized spacial score (nSPS) is 43.2. The van der Waals surface area contributed by atoms with Crippen molar-refractivity contribution in [2.45, 2.75) is 58.8 Å². The number of rotatable bonds is 1. The van der Waals surface area contributed by atoms with Gasteiger partial charge in [0.15, 0.2) is 11.5 Å². The Hall–Kier alpha value is -1.32. The maximum atomic E-state index is 11.8. The number of hydrogen-bond acceptors (Lipinski definition) is 3. The first kappa shape index (κ1) is 14.6. The van der Waals surface area contributed by atoms with Crippen molar-refractivity contribution in [2.24, 2.45) is 22.7 Å². The third kappa shape index (κ3) is 1.87. The summed E-state index contributed by atoms with van der Waals surface area (Å²) in [6.45, 7) is 4.07. The monoisotopic (exact) mass is 292 g/mol. The van der Waals surface area contributed by atoms with Crippen molar-refractivity contribution in [1.82, 2.24) is 0 Å². The van der Waals surface area contributed by atoms with Gasteiger partial charge in [0, 0.05) is 6.42 Å². The highest BCUT2D eigenvalue weighted by atomic mass is 16.4. The van der Waals surface area contributed by atoms with Crippen LogP contribution in [0, 0.1) is 22.7 Å². The van der Waals surface area contributed by atoms with Gasteiger partial charge in [-0.1, -0.05) is 13.3 Å². The smallest absolute Gasteiger partial charge is 0.309 e. The topological polar surface area (TPSA) is 74.6 Å². The summed E-state index contributed by atoms with van der Waals surface area (Å²) in [5.74, 6) is -0.547. The van der Waals surface area contributed by atoms with E-state index in [2.05, 4.69) is 6.92 Å². The zero-order valence-corrected chi connectivity index (χ0v) is 12.8. The molecule has 4 nitrogen and oxygen atoms in total. The molecule has 3 aliphatic carbocycles. The number of carboxylic acid groups (broad SMARTS) is 1. The lowest BCUT2D eigenvalue weighted by molar-refractivity contribution is -0.164. The van der Waals surface area contributed by atoms with Gasteiger partial charge >= 0.3 is 5.97 Å². The molecule has 4 atom stereocenters. The number of Topliss-reactive ketones (excluding diaryl/α,β-unsaturated/α-hetero) is 1. The van der Waals surface area contributed by atoms with Gasteiger partial charge in [-0.05, 0) is 61.9 Å². The Morgan fingerprint density at radius 2 is 1.90 bits per heavy atom. The average molecular weight is 292 g/mol. The molecule has 3 aliphatic rings. The van der Waals surface area contributed by atoms with E-state index in [1.54, 1.807) is 0 Å². The quantitative estimate of drug-likeness (QED) is 0.776. The molecule has 0 saturated heterocycles. The van der Waals surface area contributed by atoms with Crippen LogP contribution in [0.25, 0.3) is 0 Å². The fourth-order valence-electron chi connectivity index (χ4n) is 5.47. The number of allylic oxidation sites excluding steroid dienone is 2. The molecule has 21 heavy (non-hydrogen) atoms. The maximum Gasteiger partial charge on any atom is 0.309 e. The van der Waals surface area contributed by atoms with E-state index in [4.69, 9.17) is 0 Å². The lowest BCUT2D eigenvalue weighted by Crippen LogP contribution is -2.54. The summed E-state index contributed by atoms with van der Waals surface area (Å²) in [5.41, 5.74) is 0.128. The highest BCUT2D eigenvalue weighted by molar-refractivity contribution is 5.94. The van der Waals surface area contributed by atoms with Crippen molar-refractivity contribution in [1.29, 1.82) is 0 Å². The standard InChI is InChI=1S/C17H24O4/c1-16-8-3-9-17(2,15(20)21)13(16)7-4-10-11(16)5-6-12(18)14(10)19/h11,13,19H,3-9H2,1-2H3,(H,20,21). The molecular weight excluding hydrogens is 268 g/mol. The molecule has 2 saturated carbocycles. The average Bonchev–Trinajstić information content (AvgIpc) is 2.42. The summed E-state index contributed by atoms with van der Waals surface area (Å²) in [4.78, 5) is 23.6. The molecule has 4 unspecified atom stereocenters. The fourth-order valence-corrected chi connectivity index (χ4v) is 5.47. The number of aliphatic hydroxyl groups excluding tert-OH is 1. The second-order valence-corrected chi connectivity index (χ2v) is 7.56. The molecule has 4 heteroatoms. The third-order valence-electron chi connectivity index (χ3n) is 6.61. The first-order valence-electron chi connectivity index (χ1n) is 7.99. The Bertz CT molecular complexity index is 535. The van der Waals surface area contributed by atoms with Crippen LogP contribution >= 0.6 is 0 Å². The fraction of sp³-hybridized carbons (Fsp3) is 0.765. The largest absolute Gasteiger partial charge is 0.504 e. The molecule has 0 amide bonds. The van der Waals surface area contributed by atoms with Crippen LogP contribution in [0.1, 0.15) is 58.8 Å². The molecule has 0 bridgehead atoms. The molecule has 3 rings (SSSR count). The van der Waals surface area contributed by atoms with E-state index < -0.39 is 11.4 Å². The number of fused-ring (bicyclic) bond motifs is 3. The van der Waals surface area contributed by atoms with E-state index in [1.807, 2.05) is 6.92 Å². The van der Waals surface area contributed by atoms with Gasteiger partial charge in [-0.25, -0.2) is 0 Å². The number of carboxylic acids is 1. The molecule has 0 radical (unpaired) electrons. The second-order valence-electron chi connectivity index (χ2n) is 7.56. The number of ketones is 1. The van der Waals surface area contributed by atoms with Crippen LogP contribution in [-0.4, -0.2) is 22.0 Å². The predicted molar refractivity (Wildman–Crippen MR) is 77.8 cm³/mol. The molecule has 0 aromatic rings. The van der Waals surface area contributed by atoms with Crippen molar-refractivity contribution >= 4 is 11.8 Å². The molecule has 0 aromatic heterocycles. The first-order chi connectivity index (χ1) is 9.80. The first-order valence-corrected chi connectivity index (χ1v) is 7.99. The van der Waals surface area contributed by atoms with Gasteiger partial charge in [-0.3, -0.25) is 9.59 Å². The Morgan fingerprint density at radius 3 is 2.57 bits per heavy atom. The molecular formula is C17H24O4. The van der Waals surface area contributed by atoms with Crippen LogP contribution in [0.15, 0.2) is 11.3 Å². The van der Waals surface area contributed by atoms with Crippen molar-refractivity contribution < 1.29 is 19.8 Å². The number of carbonyl (C=O) groups excluding carboxylic acids is 1. The zero-order chi connectivity index (χ0) is 15.4.